The number of fused-ring (bicyclic) bond motifs is 1. The molecule has 170 valence electrons. The quantitative estimate of drug-likeness (QED) is 0.647. The van der Waals surface area contributed by atoms with Gasteiger partial charge in [-0.3, -0.25) is 14.5 Å². The monoisotopic (exact) mass is 435 g/mol. The highest BCUT2D eigenvalue weighted by Crippen LogP contribution is 2.27. The van der Waals surface area contributed by atoms with Crippen LogP contribution < -0.4 is 5.32 Å². The molecule has 4 rings (SSSR count). The number of amides is 2. The number of carbonyl (C=O) groups excluding carboxylic acids is 2. The van der Waals surface area contributed by atoms with Gasteiger partial charge in [0, 0.05) is 50.5 Å². The molecule has 1 fully saturated rings. The number of ether oxygens (including phenoxy) is 1. The maximum atomic E-state index is 13.0. The van der Waals surface area contributed by atoms with Crippen LogP contribution in [0.25, 0.3) is 11.1 Å². The van der Waals surface area contributed by atoms with Crippen LogP contribution in [0.1, 0.15) is 46.0 Å². The van der Waals surface area contributed by atoms with Gasteiger partial charge in [0.25, 0.3) is 11.8 Å². The highest BCUT2D eigenvalue weighted by molar-refractivity contribution is 5.97. The van der Waals surface area contributed by atoms with E-state index >= 15 is 0 Å². The maximum Gasteiger partial charge on any atom is 0.254 e. The van der Waals surface area contributed by atoms with Crippen molar-refractivity contribution in [3.05, 3.63) is 59.2 Å². The van der Waals surface area contributed by atoms with Crippen LogP contribution in [-0.2, 0) is 11.2 Å². The third-order valence-corrected chi connectivity index (χ3v) is 6.69. The number of methoxy groups -OCH3 is 1. The van der Waals surface area contributed by atoms with Gasteiger partial charge in [-0.1, -0.05) is 24.3 Å². The van der Waals surface area contributed by atoms with Gasteiger partial charge in [-0.25, -0.2) is 0 Å². The van der Waals surface area contributed by atoms with E-state index in [0.29, 0.717) is 24.8 Å². The van der Waals surface area contributed by atoms with Crippen molar-refractivity contribution >= 4 is 11.8 Å². The van der Waals surface area contributed by atoms with E-state index < -0.39 is 0 Å². The molecule has 6 heteroatoms. The molecule has 1 atom stereocenters. The number of nitrogens with one attached hydrogen (secondary N) is 1. The lowest BCUT2D eigenvalue weighted by Gasteiger charge is -2.31. The van der Waals surface area contributed by atoms with Gasteiger partial charge in [0.1, 0.15) is 0 Å². The van der Waals surface area contributed by atoms with Crippen molar-refractivity contribution in [3.8, 4) is 11.1 Å². The Morgan fingerprint density at radius 3 is 2.59 bits per heavy atom. The molecule has 0 aromatic heterocycles. The van der Waals surface area contributed by atoms with Gasteiger partial charge in [-0.05, 0) is 67.6 Å². The smallest absolute Gasteiger partial charge is 0.254 e. The lowest BCUT2D eigenvalue weighted by molar-refractivity contribution is 0.0716. The third kappa shape index (κ3) is 5.03. The van der Waals surface area contributed by atoms with Crippen LogP contribution in [0.3, 0.4) is 0 Å². The van der Waals surface area contributed by atoms with Crippen molar-refractivity contribution in [2.75, 3.05) is 46.4 Å². The average Bonchev–Trinajstić information content (AvgIpc) is 3.23. The lowest BCUT2D eigenvalue weighted by atomic mass is 9.93. The predicted molar refractivity (Wildman–Crippen MR) is 126 cm³/mol. The van der Waals surface area contributed by atoms with E-state index in [1.807, 2.05) is 41.3 Å². The van der Waals surface area contributed by atoms with Gasteiger partial charge in [0.05, 0.1) is 6.61 Å². The zero-order chi connectivity index (χ0) is 22.5. The maximum absolute atomic E-state index is 13.0. The fraction of sp³-hybridized carbons (Fsp3) is 0.462. The van der Waals surface area contributed by atoms with E-state index in [0.717, 1.165) is 54.9 Å². The van der Waals surface area contributed by atoms with Crippen molar-refractivity contribution < 1.29 is 14.3 Å². The molecule has 0 bridgehead atoms. The van der Waals surface area contributed by atoms with Crippen LogP contribution in [0.2, 0.25) is 0 Å². The Hall–Kier alpha value is -2.70. The molecule has 2 aliphatic rings. The van der Waals surface area contributed by atoms with Crippen LogP contribution in [0.4, 0.5) is 0 Å². The van der Waals surface area contributed by atoms with Gasteiger partial charge < -0.3 is 15.0 Å². The molecule has 2 aliphatic heterocycles. The summed E-state index contributed by atoms with van der Waals surface area (Å²) in [4.78, 5) is 29.7. The summed E-state index contributed by atoms with van der Waals surface area (Å²) in [7, 11) is 1.61. The summed E-state index contributed by atoms with van der Waals surface area (Å²) in [6.07, 6.45) is 3.41. The van der Waals surface area contributed by atoms with Crippen molar-refractivity contribution in [1.82, 2.24) is 15.1 Å². The lowest BCUT2D eigenvalue weighted by Crippen LogP contribution is -2.43. The Balaban J connectivity index is 1.40. The normalized spacial score (nSPS) is 18.6. The van der Waals surface area contributed by atoms with E-state index in [2.05, 4.69) is 23.2 Å². The standard InChI is InChI=1S/C26H33N3O3/c1-19-4-3-13-28(19)15-16-29-14-11-23-18-22(9-10-24(23)26(29)31)20-5-7-21(8-6-20)25(30)27-12-17-32-2/h5-10,18-19H,3-4,11-17H2,1-2H3,(H,27,30). The molecule has 2 aromatic carbocycles. The summed E-state index contributed by atoms with van der Waals surface area (Å²) in [5.74, 6) is 0.0424. The minimum absolute atomic E-state index is 0.104. The first-order valence-electron chi connectivity index (χ1n) is 11.6. The SMILES string of the molecule is COCCNC(=O)c1ccc(-c2ccc3c(c2)CCN(CCN2CCCC2C)C3=O)cc1. The summed E-state index contributed by atoms with van der Waals surface area (Å²) in [6.45, 7) is 6.96. The molecular weight excluding hydrogens is 402 g/mol. The second-order valence-corrected chi connectivity index (χ2v) is 8.77. The number of hydrogen-bond acceptors (Lipinski definition) is 4. The molecule has 0 saturated carbocycles. The van der Waals surface area contributed by atoms with E-state index in [4.69, 9.17) is 4.74 Å². The average molecular weight is 436 g/mol. The Morgan fingerprint density at radius 1 is 1.09 bits per heavy atom. The fourth-order valence-electron chi connectivity index (χ4n) is 4.69. The first-order valence-corrected chi connectivity index (χ1v) is 11.6. The molecule has 2 amide bonds. The molecular formula is C26H33N3O3. The van der Waals surface area contributed by atoms with Crippen molar-refractivity contribution in [2.24, 2.45) is 0 Å². The van der Waals surface area contributed by atoms with Crippen LogP contribution >= 0.6 is 0 Å². The third-order valence-electron chi connectivity index (χ3n) is 6.69. The molecule has 1 unspecified atom stereocenters. The molecule has 0 aliphatic carbocycles. The van der Waals surface area contributed by atoms with Gasteiger partial charge in [-0.2, -0.15) is 0 Å². The Kier molecular flexibility index (Phi) is 7.22. The van der Waals surface area contributed by atoms with Crippen molar-refractivity contribution in [3.63, 3.8) is 0 Å². The predicted octanol–water partition coefficient (Wildman–Crippen LogP) is 3.21. The number of nitrogens with zero attached hydrogens (tertiary/aromatic N) is 2. The Bertz CT molecular complexity index is 957. The molecule has 0 spiro atoms. The minimum Gasteiger partial charge on any atom is -0.383 e. The largest absolute Gasteiger partial charge is 0.383 e. The van der Waals surface area contributed by atoms with E-state index in [9.17, 15) is 9.59 Å². The van der Waals surface area contributed by atoms with E-state index in [1.165, 1.54) is 12.8 Å². The van der Waals surface area contributed by atoms with Crippen molar-refractivity contribution in [1.29, 1.82) is 0 Å². The van der Waals surface area contributed by atoms with Crippen LogP contribution in [0, 0.1) is 0 Å². The topological polar surface area (TPSA) is 61.9 Å². The summed E-state index contributed by atoms with van der Waals surface area (Å²) >= 11 is 0. The highest BCUT2D eigenvalue weighted by Gasteiger charge is 2.26. The minimum atomic E-state index is -0.104. The van der Waals surface area contributed by atoms with Crippen LogP contribution in [0.5, 0.6) is 0 Å². The Labute approximate surface area is 190 Å². The van der Waals surface area contributed by atoms with Gasteiger partial charge in [-0.15, -0.1) is 0 Å². The zero-order valence-electron chi connectivity index (χ0n) is 19.1. The fourth-order valence-corrected chi connectivity index (χ4v) is 4.69. The number of benzene rings is 2. The number of hydrogen-bond donors (Lipinski definition) is 1. The van der Waals surface area contributed by atoms with Gasteiger partial charge in [0.2, 0.25) is 0 Å². The van der Waals surface area contributed by atoms with E-state index in [-0.39, 0.29) is 11.8 Å². The summed E-state index contributed by atoms with van der Waals surface area (Å²) in [5.41, 5.74) is 4.67. The molecule has 32 heavy (non-hydrogen) atoms. The number of likely N-dealkylation sites (tertiary alicyclic amines) is 1. The van der Waals surface area contributed by atoms with E-state index in [1.54, 1.807) is 7.11 Å². The summed E-state index contributed by atoms with van der Waals surface area (Å²) in [5, 5.41) is 2.83. The molecule has 1 saturated heterocycles. The molecule has 2 heterocycles. The van der Waals surface area contributed by atoms with Crippen LogP contribution in [0.15, 0.2) is 42.5 Å². The van der Waals surface area contributed by atoms with Gasteiger partial charge in [0.15, 0.2) is 0 Å². The molecule has 1 N–H and O–H groups in total. The molecule has 6 nitrogen and oxygen atoms in total. The first kappa shape index (κ1) is 22.5. The summed E-state index contributed by atoms with van der Waals surface area (Å²) in [6, 6.07) is 14.3. The summed E-state index contributed by atoms with van der Waals surface area (Å²) < 4.78 is 4.96. The van der Waals surface area contributed by atoms with Crippen LogP contribution in [-0.4, -0.2) is 74.1 Å². The van der Waals surface area contributed by atoms with Crippen molar-refractivity contribution in [2.45, 2.75) is 32.2 Å². The highest BCUT2D eigenvalue weighted by atomic mass is 16.5. The second-order valence-electron chi connectivity index (χ2n) is 8.77. The molecule has 2 aromatic rings. The number of carbonyl (C=O) groups is 2. The zero-order valence-corrected chi connectivity index (χ0v) is 19.1. The molecule has 0 radical (unpaired) electrons. The van der Waals surface area contributed by atoms with Gasteiger partial charge >= 0.3 is 0 Å². The first-order chi connectivity index (χ1) is 15.6. The second kappa shape index (κ2) is 10.3. The Morgan fingerprint density at radius 2 is 1.88 bits per heavy atom. The number of rotatable bonds is 8.